The van der Waals surface area contributed by atoms with E-state index in [-0.39, 0.29) is 11.2 Å². The second-order valence-electron chi connectivity index (χ2n) is 5.01. The van der Waals surface area contributed by atoms with Gasteiger partial charge in [0.05, 0.1) is 12.1 Å². The summed E-state index contributed by atoms with van der Waals surface area (Å²) in [5.74, 6) is 0.734. The molecule has 0 fully saturated rings. The van der Waals surface area contributed by atoms with Gasteiger partial charge >= 0.3 is 0 Å². The lowest BCUT2D eigenvalue weighted by Crippen LogP contribution is -2.13. The lowest BCUT2D eigenvalue weighted by atomic mass is 9.88. The van der Waals surface area contributed by atoms with Gasteiger partial charge in [-0.3, -0.25) is 4.79 Å². The first-order valence-electron chi connectivity index (χ1n) is 5.20. The van der Waals surface area contributed by atoms with Crippen molar-refractivity contribution in [3.05, 3.63) is 28.8 Å². The Labute approximate surface area is 102 Å². The van der Waals surface area contributed by atoms with E-state index in [1.165, 1.54) is 0 Å². The van der Waals surface area contributed by atoms with Gasteiger partial charge < -0.3 is 4.74 Å². The number of halogens is 1. The van der Waals surface area contributed by atoms with Crippen LogP contribution in [0, 0.1) is 5.41 Å². The third kappa shape index (κ3) is 3.53. The molecule has 1 rings (SSSR count). The highest BCUT2D eigenvalue weighted by atomic mass is 35.5. The van der Waals surface area contributed by atoms with E-state index in [4.69, 9.17) is 16.3 Å². The number of carbonyl (C=O) groups is 1. The van der Waals surface area contributed by atoms with Gasteiger partial charge in [0.2, 0.25) is 0 Å². The topological polar surface area (TPSA) is 26.3 Å². The van der Waals surface area contributed by atoms with Crippen molar-refractivity contribution in [2.45, 2.75) is 27.2 Å². The van der Waals surface area contributed by atoms with E-state index in [2.05, 4.69) is 0 Å². The van der Waals surface area contributed by atoms with Crippen LogP contribution in [0.3, 0.4) is 0 Å². The molecule has 0 aliphatic heterocycles. The maximum Gasteiger partial charge on any atom is 0.164 e. The Morgan fingerprint density at radius 1 is 1.38 bits per heavy atom. The summed E-state index contributed by atoms with van der Waals surface area (Å²) < 4.78 is 5.03. The Balaban J connectivity index is 2.93. The predicted molar refractivity (Wildman–Crippen MR) is 66.4 cm³/mol. The molecule has 0 atom stereocenters. The molecule has 0 aromatic heterocycles. The second-order valence-corrected chi connectivity index (χ2v) is 5.41. The van der Waals surface area contributed by atoms with Crippen LogP contribution in [0.25, 0.3) is 0 Å². The molecule has 2 nitrogen and oxygen atoms in total. The smallest absolute Gasteiger partial charge is 0.164 e. The first-order valence-corrected chi connectivity index (χ1v) is 5.58. The van der Waals surface area contributed by atoms with Crippen LogP contribution in [0.1, 0.15) is 37.6 Å². The van der Waals surface area contributed by atoms with Gasteiger partial charge in [0.15, 0.2) is 5.78 Å². The summed E-state index contributed by atoms with van der Waals surface area (Å²) in [7, 11) is 1.57. The van der Waals surface area contributed by atoms with Crippen LogP contribution in [0.4, 0.5) is 0 Å². The van der Waals surface area contributed by atoms with Crippen molar-refractivity contribution in [2.24, 2.45) is 5.41 Å². The van der Waals surface area contributed by atoms with Gasteiger partial charge in [0.1, 0.15) is 5.75 Å². The van der Waals surface area contributed by atoms with Crippen molar-refractivity contribution in [1.29, 1.82) is 0 Å². The minimum atomic E-state index is -0.0274. The van der Waals surface area contributed by atoms with Crippen molar-refractivity contribution in [1.82, 2.24) is 0 Å². The fourth-order valence-corrected chi connectivity index (χ4v) is 1.70. The highest BCUT2D eigenvalue weighted by Gasteiger charge is 2.19. The normalized spacial score (nSPS) is 11.3. The zero-order valence-electron chi connectivity index (χ0n) is 10.1. The van der Waals surface area contributed by atoms with Crippen molar-refractivity contribution in [2.75, 3.05) is 7.11 Å². The van der Waals surface area contributed by atoms with Crippen LogP contribution in [0.2, 0.25) is 5.02 Å². The Kier molecular flexibility index (Phi) is 3.98. The summed E-state index contributed by atoms with van der Waals surface area (Å²) in [6.45, 7) is 6.09. The van der Waals surface area contributed by atoms with Crippen LogP contribution >= 0.6 is 11.6 Å². The molecule has 0 spiro atoms. The lowest BCUT2D eigenvalue weighted by molar-refractivity contribution is 0.0940. The third-order valence-electron chi connectivity index (χ3n) is 2.17. The standard InChI is InChI=1S/C13H17ClO2/c1-13(2,3)8-12(15)10-6-5-9(16-4)7-11(10)14/h5-7H,8H2,1-4H3. The lowest BCUT2D eigenvalue weighted by Gasteiger charge is -2.17. The fraction of sp³-hybridized carbons (Fsp3) is 0.462. The quantitative estimate of drug-likeness (QED) is 0.748. The molecule has 3 heteroatoms. The second kappa shape index (κ2) is 4.88. The van der Waals surface area contributed by atoms with Crippen LogP contribution in [0.15, 0.2) is 18.2 Å². The predicted octanol–water partition coefficient (Wildman–Crippen LogP) is 3.97. The number of rotatable bonds is 3. The maximum absolute atomic E-state index is 12.0. The first kappa shape index (κ1) is 13.0. The molecule has 1 aromatic rings. The molecule has 0 aliphatic carbocycles. The van der Waals surface area contributed by atoms with Gasteiger partial charge in [-0.05, 0) is 23.6 Å². The molecular weight excluding hydrogens is 224 g/mol. The van der Waals surface area contributed by atoms with E-state index < -0.39 is 0 Å². The molecule has 0 saturated heterocycles. The van der Waals surface area contributed by atoms with E-state index in [0.29, 0.717) is 22.8 Å². The molecule has 0 radical (unpaired) electrons. The van der Waals surface area contributed by atoms with Crippen molar-refractivity contribution in [3.8, 4) is 5.75 Å². The molecule has 16 heavy (non-hydrogen) atoms. The minimum Gasteiger partial charge on any atom is -0.497 e. The molecule has 0 amide bonds. The number of Topliss-reactive ketones (excluding diaryl/α,β-unsaturated/α-hetero) is 1. The molecule has 88 valence electrons. The van der Waals surface area contributed by atoms with Crippen molar-refractivity contribution >= 4 is 17.4 Å². The van der Waals surface area contributed by atoms with Crippen LogP contribution in [0.5, 0.6) is 5.75 Å². The largest absolute Gasteiger partial charge is 0.497 e. The average Bonchev–Trinajstić information content (AvgIpc) is 2.14. The Morgan fingerprint density at radius 2 is 2.00 bits per heavy atom. The zero-order valence-corrected chi connectivity index (χ0v) is 10.9. The molecule has 0 N–H and O–H groups in total. The summed E-state index contributed by atoms with van der Waals surface area (Å²) in [6, 6.07) is 5.13. The first-order chi connectivity index (χ1) is 7.33. The van der Waals surface area contributed by atoms with E-state index in [0.717, 1.165) is 0 Å². The van der Waals surface area contributed by atoms with E-state index in [1.54, 1.807) is 25.3 Å². The SMILES string of the molecule is COc1ccc(C(=O)CC(C)(C)C)c(Cl)c1. The molecule has 0 heterocycles. The van der Waals surface area contributed by atoms with Gasteiger partial charge in [-0.25, -0.2) is 0 Å². The van der Waals surface area contributed by atoms with Crippen LogP contribution in [-0.4, -0.2) is 12.9 Å². The van der Waals surface area contributed by atoms with Gasteiger partial charge in [-0.1, -0.05) is 32.4 Å². The number of carbonyl (C=O) groups excluding carboxylic acids is 1. The number of ketones is 1. The summed E-state index contributed by atoms with van der Waals surface area (Å²) >= 11 is 6.03. The maximum atomic E-state index is 12.0. The molecular formula is C13H17ClO2. The Hall–Kier alpha value is -1.02. The van der Waals surface area contributed by atoms with Crippen molar-refractivity contribution < 1.29 is 9.53 Å². The average molecular weight is 241 g/mol. The minimum absolute atomic E-state index is 0.0274. The van der Waals surface area contributed by atoms with E-state index in [1.807, 2.05) is 20.8 Å². The third-order valence-corrected chi connectivity index (χ3v) is 2.48. The van der Waals surface area contributed by atoms with Gasteiger partial charge in [-0.15, -0.1) is 0 Å². The Bertz CT molecular complexity index is 391. The molecule has 1 aromatic carbocycles. The molecule has 0 saturated carbocycles. The van der Waals surface area contributed by atoms with Gasteiger partial charge in [0, 0.05) is 12.0 Å². The number of ether oxygens (including phenoxy) is 1. The monoisotopic (exact) mass is 240 g/mol. The summed E-state index contributed by atoms with van der Waals surface area (Å²) in [4.78, 5) is 12.0. The fourth-order valence-electron chi connectivity index (χ4n) is 1.43. The molecule has 0 aliphatic rings. The van der Waals surface area contributed by atoms with Crippen LogP contribution < -0.4 is 4.74 Å². The van der Waals surface area contributed by atoms with E-state index in [9.17, 15) is 4.79 Å². The number of benzene rings is 1. The number of hydrogen-bond acceptors (Lipinski definition) is 2. The highest BCUT2D eigenvalue weighted by molar-refractivity contribution is 6.34. The van der Waals surface area contributed by atoms with Crippen molar-refractivity contribution in [3.63, 3.8) is 0 Å². The summed E-state index contributed by atoms with van der Waals surface area (Å²) in [5.41, 5.74) is 0.540. The van der Waals surface area contributed by atoms with Gasteiger partial charge in [0.25, 0.3) is 0 Å². The number of methoxy groups -OCH3 is 1. The van der Waals surface area contributed by atoms with E-state index >= 15 is 0 Å². The van der Waals surface area contributed by atoms with Crippen LogP contribution in [-0.2, 0) is 0 Å². The Morgan fingerprint density at radius 3 is 2.44 bits per heavy atom. The summed E-state index contributed by atoms with van der Waals surface area (Å²) in [6.07, 6.45) is 0.485. The highest BCUT2D eigenvalue weighted by Crippen LogP contribution is 2.27. The van der Waals surface area contributed by atoms with Gasteiger partial charge in [-0.2, -0.15) is 0 Å². The zero-order chi connectivity index (χ0) is 12.3. The number of hydrogen-bond donors (Lipinski definition) is 0. The summed E-state index contributed by atoms with van der Waals surface area (Å²) in [5, 5.41) is 0.452. The molecule has 0 unspecified atom stereocenters. The molecule has 0 bridgehead atoms.